The topological polar surface area (TPSA) is 229 Å². The number of hydrogen-bond acceptors (Lipinski definition) is 13. The molecule has 4 aliphatic rings. The summed E-state index contributed by atoms with van der Waals surface area (Å²) in [4.78, 5) is 31.9. The number of alkyl halides is 4. The highest BCUT2D eigenvalue weighted by molar-refractivity contribution is 7.89. The van der Waals surface area contributed by atoms with Crippen molar-refractivity contribution in [3.63, 3.8) is 0 Å². The highest BCUT2D eigenvalue weighted by atomic mass is 35.5. The Morgan fingerprint density at radius 1 is 0.609 bits per heavy atom. The lowest BCUT2D eigenvalue weighted by molar-refractivity contribution is -0.147. The SMILES string of the molecule is Cl.O=C(C(O)c1cccnc1)N1CC2=C(C1)CN(S(=O)(=O)c1ccc(OC(F)F)cc1)C2.O=C(O)C(O)c1cccnc1.O=S(=O)(c1ccc(OC(F)F)cc1)N1CC2=C(CNC2)C1. The van der Waals surface area contributed by atoms with Crippen LogP contribution < -0.4 is 14.8 Å². The number of nitrogens with one attached hydrogen (secondary N) is 1. The Bertz CT molecular complexity index is 2510. The molecule has 0 saturated carbocycles. The summed E-state index contributed by atoms with van der Waals surface area (Å²) in [5.74, 6) is -1.92. The number of benzene rings is 2. The molecule has 344 valence electrons. The first-order chi connectivity index (χ1) is 29.9. The van der Waals surface area contributed by atoms with Crippen LogP contribution in [-0.2, 0) is 29.6 Å². The fourth-order valence-electron chi connectivity index (χ4n) is 6.89. The quantitative estimate of drug-likeness (QED) is 0.118. The van der Waals surface area contributed by atoms with Gasteiger partial charge in [-0.05, 0) is 83.0 Å². The van der Waals surface area contributed by atoms with Crippen molar-refractivity contribution in [1.82, 2.24) is 28.8 Å². The summed E-state index contributed by atoms with van der Waals surface area (Å²) in [6, 6.07) is 16.1. The van der Waals surface area contributed by atoms with Gasteiger partial charge in [-0.3, -0.25) is 14.8 Å². The number of hydrogen-bond donors (Lipinski definition) is 4. The molecule has 2 atom stereocenters. The van der Waals surface area contributed by atoms with Crippen LogP contribution in [0.1, 0.15) is 23.3 Å². The maximum atomic E-state index is 12.9. The molecule has 2 aromatic heterocycles. The Kier molecular flexibility index (Phi) is 16.6. The number of aromatic nitrogens is 2. The Balaban J connectivity index is 0.000000201. The lowest BCUT2D eigenvalue weighted by Crippen LogP contribution is -2.38. The summed E-state index contributed by atoms with van der Waals surface area (Å²) < 4.78 is 111. The highest BCUT2D eigenvalue weighted by Gasteiger charge is 2.39. The summed E-state index contributed by atoms with van der Waals surface area (Å²) in [5.41, 5.74) is 4.55. The number of aliphatic hydroxyl groups excluding tert-OH is 2. The third kappa shape index (κ3) is 12.0. The van der Waals surface area contributed by atoms with Crippen LogP contribution in [0.4, 0.5) is 17.6 Å². The molecule has 6 heterocycles. The van der Waals surface area contributed by atoms with Crippen LogP contribution in [0.15, 0.2) is 130 Å². The first kappa shape index (κ1) is 49.5. The number of rotatable bonds is 12. The molecule has 0 aliphatic carbocycles. The largest absolute Gasteiger partial charge is 0.479 e. The Labute approximate surface area is 370 Å². The zero-order chi connectivity index (χ0) is 45.5. The number of nitrogens with zero attached hydrogens (tertiary/aromatic N) is 5. The van der Waals surface area contributed by atoms with Crippen molar-refractivity contribution in [2.75, 3.05) is 52.4 Å². The van der Waals surface area contributed by atoms with Gasteiger partial charge in [0, 0.05) is 88.3 Å². The van der Waals surface area contributed by atoms with Crippen LogP contribution in [0.25, 0.3) is 0 Å². The third-order valence-corrected chi connectivity index (χ3v) is 13.7. The van der Waals surface area contributed by atoms with Gasteiger partial charge in [-0.1, -0.05) is 12.1 Å². The Morgan fingerprint density at radius 3 is 1.36 bits per heavy atom. The van der Waals surface area contributed by atoms with Gasteiger partial charge in [0.05, 0.1) is 9.79 Å². The van der Waals surface area contributed by atoms with E-state index in [1.807, 2.05) is 0 Å². The van der Waals surface area contributed by atoms with Gasteiger partial charge in [-0.15, -0.1) is 12.4 Å². The van der Waals surface area contributed by atoms with Crippen LogP contribution in [-0.4, -0.2) is 133 Å². The summed E-state index contributed by atoms with van der Waals surface area (Å²) in [6.45, 7) is -2.97. The number of pyridine rings is 2. The van der Waals surface area contributed by atoms with Crippen LogP contribution in [0.2, 0.25) is 0 Å². The van der Waals surface area contributed by atoms with Crippen LogP contribution in [0.5, 0.6) is 11.5 Å². The van der Waals surface area contributed by atoms with Crippen molar-refractivity contribution in [2.45, 2.75) is 35.2 Å². The number of aliphatic carboxylic acids is 1. The number of sulfonamides is 2. The van der Waals surface area contributed by atoms with Crippen molar-refractivity contribution < 1.29 is 68.8 Å². The normalized spacial score (nSPS) is 17.2. The van der Waals surface area contributed by atoms with E-state index in [0.29, 0.717) is 24.2 Å². The van der Waals surface area contributed by atoms with Crippen molar-refractivity contribution in [3.05, 3.63) is 131 Å². The molecular weight excluding hydrogens is 916 g/mol. The fourth-order valence-corrected chi connectivity index (χ4v) is 9.75. The summed E-state index contributed by atoms with van der Waals surface area (Å²) in [6.07, 6.45) is 3.00. The maximum absolute atomic E-state index is 12.9. The molecule has 2 unspecified atom stereocenters. The van der Waals surface area contributed by atoms with Crippen LogP contribution in [0.3, 0.4) is 0 Å². The standard InChI is InChI=1S/C20H19F2N3O5S.C13H14F2N2O3S.C7H7NO3.ClH/c21-20(22)30-16-3-5-17(6-4-16)31(28,29)25-11-14-9-24(10-15(14)12-25)19(27)18(26)13-2-1-7-23-8-13;14-13(15)20-11-1-3-12(4-2-11)21(18,19)17-7-9-5-16-6-10(9)8-17;9-6(7(10)11)5-2-1-3-8-4-5;/h1-8,18,20,26H,9-12H2;1-4,13,16H,5-8H2;1-4,6,9H,(H,10,11);1H. The van der Waals surface area contributed by atoms with E-state index in [2.05, 4.69) is 24.8 Å². The zero-order valence-corrected chi connectivity index (χ0v) is 35.7. The molecule has 1 amide bonds. The molecule has 2 aromatic carbocycles. The van der Waals surface area contributed by atoms with Crippen LogP contribution >= 0.6 is 12.4 Å². The molecule has 64 heavy (non-hydrogen) atoms. The number of halogens is 5. The predicted octanol–water partition coefficient (Wildman–Crippen LogP) is 3.37. The molecule has 4 aliphatic heterocycles. The number of carbonyl (C=O) groups is 2. The van der Waals surface area contributed by atoms with E-state index in [1.165, 1.54) is 86.7 Å². The number of carboxylic acid groups (broad SMARTS) is 1. The fraction of sp³-hybridized carbons (Fsp3) is 0.300. The van der Waals surface area contributed by atoms with Crippen molar-refractivity contribution in [2.24, 2.45) is 0 Å². The molecular formula is C40H41ClF4N6O11S2. The second-order valence-corrected chi connectivity index (χ2v) is 18.0. The predicted molar refractivity (Wildman–Crippen MR) is 220 cm³/mol. The molecule has 4 aromatic rings. The monoisotopic (exact) mass is 956 g/mol. The first-order valence-corrected chi connectivity index (χ1v) is 21.7. The minimum atomic E-state index is -3.84. The zero-order valence-electron chi connectivity index (χ0n) is 33.3. The van der Waals surface area contributed by atoms with Gasteiger partial charge in [-0.2, -0.15) is 26.2 Å². The van der Waals surface area contributed by atoms with E-state index < -0.39 is 57.4 Å². The van der Waals surface area contributed by atoms with E-state index >= 15 is 0 Å². The van der Waals surface area contributed by atoms with E-state index in [0.717, 1.165) is 35.4 Å². The average Bonchev–Trinajstić information content (AvgIpc) is 4.07. The van der Waals surface area contributed by atoms with E-state index in [1.54, 1.807) is 24.4 Å². The molecule has 0 saturated heterocycles. The number of ether oxygens (including phenoxy) is 2. The highest BCUT2D eigenvalue weighted by Crippen LogP contribution is 2.32. The molecule has 8 rings (SSSR count). The Morgan fingerprint density at radius 2 is 1.00 bits per heavy atom. The van der Waals surface area contributed by atoms with Gasteiger partial charge in [0.25, 0.3) is 5.91 Å². The number of carbonyl (C=O) groups excluding carboxylic acids is 1. The molecule has 0 fully saturated rings. The third-order valence-electron chi connectivity index (χ3n) is 10.1. The van der Waals surface area contributed by atoms with Gasteiger partial charge < -0.3 is 35.0 Å². The van der Waals surface area contributed by atoms with E-state index in [9.17, 15) is 49.1 Å². The van der Waals surface area contributed by atoms with Crippen molar-refractivity contribution >= 4 is 44.3 Å². The molecule has 4 N–H and O–H groups in total. The smallest absolute Gasteiger partial charge is 0.387 e. The second-order valence-electron chi connectivity index (χ2n) is 14.2. The molecule has 0 radical (unpaired) electrons. The second kappa shape index (κ2) is 21.4. The lowest BCUT2D eigenvalue weighted by Gasteiger charge is -2.24. The average molecular weight is 957 g/mol. The van der Waals surface area contributed by atoms with Gasteiger partial charge >= 0.3 is 19.2 Å². The molecule has 0 bridgehead atoms. The minimum absolute atomic E-state index is 0. The maximum Gasteiger partial charge on any atom is 0.387 e. The lowest BCUT2D eigenvalue weighted by atomic mass is 10.1. The number of amides is 1. The summed E-state index contributed by atoms with van der Waals surface area (Å²) in [7, 11) is -7.44. The van der Waals surface area contributed by atoms with Crippen molar-refractivity contribution in [3.8, 4) is 11.5 Å². The van der Waals surface area contributed by atoms with Gasteiger partial charge in [0.2, 0.25) is 20.0 Å². The van der Waals surface area contributed by atoms with Gasteiger partial charge in [-0.25, -0.2) is 21.6 Å². The number of aliphatic hydroxyl groups is 2. The van der Waals surface area contributed by atoms with E-state index in [4.69, 9.17) is 10.2 Å². The van der Waals surface area contributed by atoms with E-state index in [-0.39, 0.29) is 59.9 Å². The first-order valence-electron chi connectivity index (χ1n) is 18.8. The molecule has 17 nitrogen and oxygen atoms in total. The summed E-state index contributed by atoms with van der Waals surface area (Å²) in [5, 5.41) is 30.8. The Hall–Kier alpha value is -5.53. The van der Waals surface area contributed by atoms with Gasteiger partial charge in [0.15, 0.2) is 12.2 Å². The molecule has 0 spiro atoms. The molecule has 24 heteroatoms. The van der Waals surface area contributed by atoms with Crippen molar-refractivity contribution in [1.29, 1.82) is 0 Å². The summed E-state index contributed by atoms with van der Waals surface area (Å²) >= 11 is 0. The van der Waals surface area contributed by atoms with Crippen LogP contribution in [0, 0.1) is 0 Å². The number of carboxylic acids is 1. The minimum Gasteiger partial charge on any atom is -0.479 e. The van der Waals surface area contributed by atoms with Gasteiger partial charge in [0.1, 0.15) is 11.5 Å².